The highest BCUT2D eigenvalue weighted by Gasteiger charge is 2.16. The molecule has 0 saturated heterocycles. The molecular formula is C29H22BrFN2O3. The van der Waals surface area contributed by atoms with E-state index in [0.29, 0.717) is 34.7 Å². The summed E-state index contributed by atoms with van der Waals surface area (Å²) >= 11 is 3.54. The van der Waals surface area contributed by atoms with Crippen molar-refractivity contribution < 1.29 is 18.7 Å². The average molecular weight is 545 g/mol. The van der Waals surface area contributed by atoms with Gasteiger partial charge in [0.25, 0.3) is 5.91 Å². The lowest BCUT2D eigenvalue weighted by Gasteiger charge is -2.16. The predicted molar refractivity (Wildman–Crippen MR) is 142 cm³/mol. The summed E-state index contributed by atoms with van der Waals surface area (Å²) in [5.41, 5.74) is 1.39. The van der Waals surface area contributed by atoms with E-state index >= 15 is 0 Å². The second kappa shape index (κ2) is 11.5. The predicted octanol–water partition coefficient (Wildman–Crippen LogP) is 7.26. The van der Waals surface area contributed by atoms with Gasteiger partial charge in [0, 0.05) is 0 Å². The maximum absolute atomic E-state index is 13.9. The minimum absolute atomic E-state index is 0.00276. The number of nitriles is 1. The van der Waals surface area contributed by atoms with Crippen LogP contribution >= 0.6 is 15.9 Å². The molecule has 0 aliphatic heterocycles. The van der Waals surface area contributed by atoms with Crippen LogP contribution in [-0.4, -0.2) is 12.5 Å². The van der Waals surface area contributed by atoms with Gasteiger partial charge in [0.2, 0.25) is 0 Å². The molecule has 1 amide bonds. The first-order chi connectivity index (χ1) is 17.5. The number of hydrogen-bond acceptors (Lipinski definition) is 4. The number of rotatable bonds is 8. The normalized spacial score (nSPS) is 11.1. The molecule has 0 atom stereocenters. The van der Waals surface area contributed by atoms with Crippen molar-refractivity contribution in [1.29, 1.82) is 5.26 Å². The number of amides is 1. The van der Waals surface area contributed by atoms with Gasteiger partial charge in [-0.2, -0.15) is 5.26 Å². The number of halogens is 2. The zero-order valence-electron chi connectivity index (χ0n) is 19.4. The molecule has 4 rings (SSSR count). The fourth-order valence-corrected chi connectivity index (χ4v) is 4.28. The lowest BCUT2D eigenvalue weighted by atomic mass is 10.1. The number of nitrogens with zero attached hydrogens (tertiary/aromatic N) is 1. The Morgan fingerprint density at radius 3 is 2.58 bits per heavy atom. The number of nitrogens with one attached hydrogen (secondary N) is 1. The van der Waals surface area contributed by atoms with Gasteiger partial charge >= 0.3 is 0 Å². The third kappa shape index (κ3) is 5.73. The molecular weight excluding hydrogens is 523 g/mol. The van der Waals surface area contributed by atoms with Crippen molar-refractivity contribution in [2.75, 3.05) is 11.9 Å². The molecule has 4 aromatic carbocycles. The number of hydrogen-bond donors (Lipinski definition) is 1. The summed E-state index contributed by atoms with van der Waals surface area (Å²) in [6.45, 7) is 2.57. The van der Waals surface area contributed by atoms with E-state index < -0.39 is 11.7 Å². The van der Waals surface area contributed by atoms with Crippen molar-refractivity contribution >= 4 is 44.4 Å². The molecule has 0 saturated carbocycles. The van der Waals surface area contributed by atoms with E-state index in [2.05, 4.69) is 39.4 Å². The number of benzene rings is 4. The van der Waals surface area contributed by atoms with Crippen LogP contribution < -0.4 is 14.8 Å². The van der Waals surface area contributed by atoms with Crippen molar-refractivity contribution in [3.63, 3.8) is 0 Å². The Morgan fingerprint density at radius 2 is 1.81 bits per heavy atom. The zero-order chi connectivity index (χ0) is 25.5. The van der Waals surface area contributed by atoms with Crippen molar-refractivity contribution in [1.82, 2.24) is 0 Å². The van der Waals surface area contributed by atoms with Gasteiger partial charge in [-0.25, -0.2) is 4.39 Å². The molecule has 1 N–H and O–H groups in total. The van der Waals surface area contributed by atoms with Crippen LogP contribution in [0.1, 0.15) is 18.1 Å². The number of fused-ring (bicyclic) bond motifs is 1. The van der Waals surface area contributed by atoms with Gasteiger partial charge in [0.15, 0.2) is 11.5 Å². The van der Waals surface area contributed by atoms with Gasteiger partial charge in [-0.3, -0.25) is 4.79 Å². The van der Waals surface area contributed by atoms with Crippen LogP contribution in [0.5, 0.6) is 11.5 Å². The van der Waals surface area contributed by atoms with Crippen LogP contribution in [0.2, 0.25) is 0 Å². The number of carbonyl (C=O) groups excluding carboxylic acids is 1. The van der Waals surface area contributed by atoms with E-state index in [1.807, 2.05) is 37.3 Å². The quantitative estimate of drug-likeness (QED) is 0.187. The van der Waals surface area contributed by atoms with E-state index in [1.165, 1.54) is 24.3 Å². The van der Waals surface area contributed by atoms with Crippen molar-refractivity contribution in [3.8, 4) is 17.6 Å². The molecule has 36 heavy (non-hydrogen) atoms. The van der Waals surface area contributed by atoms with Gasteiger partial charge in [-0.05, 0) is 75.1 Å². The Kier molecular flexibility index (Phi) is 7.99. The smallest absolute Gasteiger partial charge is 0.266 e. The van der Waals surface area contributed by atoms with E-state index in [1.54, 1.807) is 18.2 Å². The van der Waals surface area contributed by atoms with Crippen LogP contribution in [0, 0.1) is 17.1 Å². The molecule has 7 heteroatoms. The molecule has 4 aromatic rings. The zero-order valence-corrected chi connectivity index (χ0v) is 21.0. The van der Waals surface area contributed by atoms with Gasteiger partial charge < -0.3 is 14.8 Å². The van der Waals surface area contributed by atoms with Crippen LogP contribution in [0.4, 0.5) is 10.1 Å². The molecule has 0 heterocycles. The maximum atomic E-state index is 13.9. The summed E-state index contributed by atoms with van der Waals surface area (Å²) in [6, 6.07) is 25.2. The van der Waals surface area contributed by atoms with Gasteiger partial charge in [-0.15, -0.1) is 0 Å². The lowest BCUT2D eigenvalue weighted by Crippen LogP contribution is -2.14. The van der Waals surface area contributed by atoms with E-state index in [-0.39, 0.29) is 11.3 Å². The highest BCUT2D eigenvalue weighted by molar-refractivity contribution is 9.10. The summed E-state index contributed by atoms with van der Waals surface area (Å²) in [5, 5.41) is 14.2. The Hall–Kier alpha value is -4.15. The molecule has 0 aromatic heterocycles. The standard InChI is InChI=1S/C29H22BrFN2O3/c1-2-35-27-16-19(14-22(17-32)29(34)33-26-13-6-5-12-25(26)31)15-24(30)28(27)36-18-21-10-7-9-20-8-3-4-11-23(20)21/h3-16H,2,18H2,1H3,(H,33,34)/b22-14+. The second-order valence-electron chi connectivity index (χ2n) is 7.79. The van der Waals surface area contributed by atoms with Gasteiger partial charge in [-0.1, -0.05) is 54.6 Å². The first-order valence-electron chi connectivity index (χ1n) is 11.2. The monoisotopic (exact) mass is 544 g/mol. The summed E-state index contributed by atoms with van der Waals surface area (Å²) in [4.78, 5) is 12.6. The Morgan fingerprint density at radius 1 is 1.06 bits per heavy atom. The molecule has 0 spiro atoms. The fourth-order valence-electron chi connectivity index (χ4n) is 3.71. The first-order valence-corrected chi connectivity index (χ1v) is 12.0. The van der Waals surface area contributed by atoms with Crippen molar-refractivity contribution in [2.24, 2.45) is 0 Å². The number of para-hydroxylation sites is 1. The van der Waals surface area contributed by atoms with Gasteiger partial charge in [0.05, 0.1) is 16.8 Å². The molecule has 5 nitrogen and oxygen atoms in total. The Bertz CT molecular complexity index is 1490. The van der Waals surface area contributed by atoms with E-state index in [0.717, 1.165) is 16.3 Å². The largest absolute Gasteiger partial charge is 0.490 e. The minimum Gasteiger partial charge on any atom is -0.490 e. The minimum atomic E-state index is -0.715. The van der Waals surface area contributed by atoms with Crippen LogP contribution in [0.25, 0.3) is 16.8 Å². The molecule has 0 radical (unpaired) electrons. The maximum Gasteiger partial charge on any atom is 0.266 e. The van der Waals surface area contributed by atoms with Crippen molar-refractivity contribution in [2.45, 2.75) is 13.5 Å². The summed E-state index contributed by atoms with van der Waals surface area (Å²) in [7, 11) is 0. The molecule has 180 valence electrons. The lowest BCUT2D eigenvalue weighted by molar-refractivity contribution is -0.112. The molecule has 0 bridgehead atoms. The van der Waals surface area contributed by atoms with Gasteiger partial charge in [0.1, 0.15) is 24.1 Å². The number of ether oxygens (including phenoxy) is 2. The van der Waals surface area contributed by atoms with Crippen LogP contribution in [0.15, 0.2) is 88.9 Å². The SMILES string of the molecule is CCOc1cc(/C=C(\C#N)C(=O)Nc2ccccc2F)cc(Br)c1OCc1cccc2ccccc12. The molecule has 0 aliphatic carbocycles. The topological polar surface area (TPSA) is 71.3 Å². The summed E-state index contributed by atoms with van der Waals surface area (Å²) < 4.78 is 26.5. The van der Waals surface area contributed by atoms with E-state index in [9.17, 15) is 14.4 Å². The summed E-state index contributed by atoms with van der Waals surface area (Å²) in [5.74, 6) is -0.327. The highest BCUT2D eigenvalue weighted by atomic mass is 79.9. The first kappa shape index (κ1) is 25.0. The molecule has 0 unspecified atom stereocenters. The molecule has 0 fully saturated rings. The third-order valence-corrected chi connectivity index (χ3v) is 5.97. The van der Waals surface area contributed by atoms with Crippen LogP contribution in [-0.2, 0) is 11.4 Å². The summed E-state index contributed by atoms with van der Waals surface area (Å²) in [6.07, 6.45) is 1.41. The Balaban J connectivity index is 1.60. The van der Waals surface area contributed by atoms with Crippen molar-refractivity contribution in [3.05, 3.63) is 106 Å². The Labute approximate surface area is 216 Å². The number of anilines is 1. The van der Waals surface area contributed by atoms with Crippen LogP contribution in [0.3, 0.4) is 0 Å². The third-order valence-electron chi connectivity index (χ3n) is 5.38. The second-order valence-corrected chi connectivity index (χ2v) is 8.65. The average Bonchev–Trinajstić information content (AvgIpc) is 2.88. The van der Waals surface area contributed by atoms with E-state index in [4.69, 9.17) is 9.47 Å². The number of carbonyl (C=O) groups is 1. The molecule has 0 aliphatic rings. The fraction of sp³-hybridized carbons (Fsp3) is 0.103. The highest BCUT2D eigenvalue weighted by Crippen LogP contribution is 2.38.